The fourth-order valence-corrected chi connectivity index (χ4v) is 2.00. The molecular weight excluding hydrogens is 365 g/mol. The second-order valence-corrected chi connectivity index (χ2v) is 5.20. The van der Waals surface area contributed by atoms with Gasteiger partial charge in [-0.15, -0.1) is 0 Å². The van der Waals surface area contributed by atoms with Gasteiger partial charge >= 0.3 is 6.18 Å². The minimum atomic E-state index is -4.41. The van der Waals surface area contributed by atoms with Crippen molar-refractivity contribution in [1.29, 1.82) is 0 Å². The molecule has 2 nitrogen and oxygen atoms in total. The Kier molecular flexibility index (Phi) is 4.83. The van der Waals surface area contributed by atoms with Crippen LogP contribution in [-0.4, -0.2) is 23.4 Å². The molecule has 0 bridgehead atoms. The van der Waals surface area contributed by atoms with E-state index in [-0.39, 0.29) is 11.9 Å². The monoisotopic (exact) mass is 374 g/mol. The van der Waals surface area contributed by atoms with Crippen molar-refractivity contribution in [3.8, 4) is 0 Å². The van der Waals surface area contributed by atoms with Crippen molar-refractivity contribution in [2.45, 2.75) is 19.1 Å². The molecule has 0 aliphatic carbocycles. The van der Waals surface area contributed by atoms with E-state index in [0.717, 1.165) is 6.07 Å². The molecular formula is C10H11Br2F3N2. The molecule has 0 fully saturated rings. The Bertz CT molecular complexity index is 396. The summed E-state index contributed by atoms with van der Waals surface area (Å²) in [6.07, 6.45) is -3.05. The van der Waals surface area contributed by atoms with E-state index in [0.29, 0.717) is 9.80 Å². The molecule has 17 heavy (non-hydrogen) atoms. The highest BCUT2D eigenvalue weighted by Gasteiger charge is 2.36. The first-order valence-corrected chi connectivity index (χ1v) is 6.70. The minimum absolute atomic E-state index is 0.0624. The second-order valence-electron chi connectivity index (χ2n) is 3.64. The van der Waals surface area contributed by atoms with E-state index < -0.39 is 11.7 Å². The Morgan fingerprint density at radius 2 is 2.06 bits per heavy atom. The lowest BCUT2D eigenvalue weighted by Crippen LogP contribution is -2.32. The fraction of sp³-hybridized carbons (Fsp3) is 0.500. The Morgan fingerprint density at radius 3 is 2.53 bits per heavy atom. The molecule has 1 aromatic rings. The number of aromatic nitrogens is 1. The molecule has 0 aliphatic heterocycles. The molecule has 1 atom stereocenters. The van der Waals surface area contributed by atoms with Crippen LogP contribution in [0.25, 0.3) is 0 Å². The summed E-state index contributed by atoms with van der Waals surface area (Å²) in [6.45, 7) is 1.82. The third-order valence-corrected chi connectivity index (χ3v) is 3.73. The van der Waals surface area contributed by atoms with E-state index in [9.17, 15) is 13.2 Å². The number of pyridine rings is 1. The predicted molar refractivity (Wildman–Crippen MR) is 68.6 cm³/mol. The predicted octanol–water partition coefficient (Wildman–Crippen LogP) is 4.08. The molecule has 96 valence electrons. The van der Waals surface area contributed by atoms with E-state index in [1.165, 1.54) is 11.1 Å². The van der Waals surface area contributed by atoms with Crippen LogP contribution >= 0.6 is 31.9 Å². The van der Waals surface area contributed by atoms with Crippen molar-refractivity contribution in [3.05, 3.63) is 22.3 Å². The lowest BCUT2D eigenvalue weighted by molar-refractivity contribution is -0.137. The van der Waals surface area contributed by atoms with Gasteiger partial charge in [0.15, 0.2) is 0 Å². The summed E-state index contributed by atoms with van der Waals surface area (Å²) in [7, 11) is 1.59. The molecule has 1 rings (SSSR count). The number of nitrogens with zero attached hydrogens (tertiary/aromatic N) is 2. The quantitative estimate of drug-likeness (QED) is 0.740. The van der Waals surface area contributed by atoms with E-state index in [1.807, 2.05) is 6.92 Å². The summed E-state index contributed by atoms with van der Waals surface area (Å²) >= 11 is 6.24. The van der Waals surface area contributed by atoms with E-state index in [2.05, 4.69) is 36.8 Å². The molecule has 0 aromatic carbocycles. The zero-order valence-corrected chi connectivity index (χ0v) is 12.4. The molecule has 0 saturated carbocycles. The van der Waals surface area contributed by atoms with Crippen molar-refractivity contribution in [3.63, 3.8) is 0 Å². The van der Waals surface area contributed by atoms with Crippen molar-refractivity contribution in [2.75, 3.05) is 17.3 Å². The van der Waals surface area contributed by atoms with Gasteiger partial charge in [-0.25, -0.2) is 4.98 Å². The third-order valence-electron chi connectivity index (χ3n) is 2.36. The van der Waals surface area contributed by atoms with Gasteiger partial charge in [0.1, 0.15) is 5.82 Å². The van der Waals surface area contributed by atoms with Crippen LogP contribution < -0.4 is 4.90 Å². The van der Waals surface area contributed by atoms with E-state index in [1.54, 1.807) is 7.05 Å². The van der Waals surface area contributed by atoms with E-state index >= 15 is 0 Å². The Balaban J connectivity index is 3.24. The van der Waals surface area contributed by atoms with Crippen LogP contribution in [0, 0.1) is 0 Å². The molecule has 1 heterocycles. The molecule has 0 N–H and O–H groups in total. The molecule has 0 saturated heterocycles. The highest BCUT2D eigenvalue weighted by atomic mass is 79.9. The maximum absolute atomic E-state index is 12.9. The van der Waals surface area contributed by atoms with Gasteiger partial charge in [-0.2, -0.15) is 13.2 Å². The number of rotatable bonds is 3. The first-order valence-electron chi connectivity index (χ1n) is 4.79. The van der Waals surface area contributed by atoms with Gasteiger partial charge in [0, 0.05) is 29.1 Å². The molecule has 7 heteroatoms. The van der Waals surface area contributed by atoms with Crippen molar-refractivity contribution >= 4 is 37.7 Å². The first kappa shape index (κ1) is 14.8. The SMILES string of the molecule is CC(CBr)N(C)c1ncc(Br)cc1C(F)(F)F. The molecule has 0 amide bonds. The summed E-state index contributed by atoms with van der Waals surface area (Å²) in [5.41, 5.74) is -0.734. The standard InChI is InChI=1S/C10H11Br2F3N2/c1-6(4-11)17(2)9-8(10(13,14)15)3-7(12)5-16-9/h3,5-6H,4H2,1-2H3. The molecule has 0 radical (unpaired) electrons. The third kappa shape index (κ3) is 3.58. The van der Waals surface area contributed by atoms with Crippen molar-refractivity contribution < 1.29 is 13.2 Å². The van der Waals surface area contributed by atoms with Gasteiger partial charge < -0.3 is 4.90 Å². The van der Waals surface area contributed by atoms with Gasteiger partial charge in [-0.1, -0.05) is 15.9 Å². The highest BCUT2D eigenvalue weighted by molar-refractivity contribution is 9.10. The van der Waals surface area contributed by atoms with Crippen LogP contribution in [0.1, 0.15) is 12.5 Å². The summed E-state index contributed by atoms with van der Waals surface area (Å²) < 4.78 is 38.9. The van der Waals surface area contributed by atoms with Crippen LogP contribution in [0.3, 0.4) is 0 Å². The number of halogens is 5. The fourth-order valence-electron chi connectivity index (χ4n) is 1.23. The van der Waals surface area contributed by atoms with Crippen molar-refractivity contribution in [2.24, 2.45) is 0 Å². The zero-order valence-electron chi connectivity index (χ0n) is 9.22. The molecule has 1 aromatic heterocycles. The normalized spacial score (nSPS) is 13.6. The second kappa shape index (κ2) is 5.56. The average Bonchev–Trinajstić information content (AvgIpc) is 2.25. The van der Waals surface area contributed by atoms with Crippen LogP contribution in [0.5, 0.6) is 0 Å². The van der Waals surface area contributed by atoms with E-state index in [4.69, 9.17) is 0 Å². The van der Waals surface area contributed by atoms with Gasteiger partial charge in [-0.05, 0) is 28.9 Å². The zero-order chi connectivity index (χ0) is 13.2. The van der Waals surface area contributed by atoms with Crippen LogP contribution in [0.15, 0.2) is 16.7 Å². The van der Waals surface area contributed by atoms with Gasteiger partial charge in [0.05, 0.1) is 5.56 Å². The Hall–Kier alpha value is -0.300. The van der Waals surface area contributed by atoms with Crippen molar-refractivity contribution in [1.82, 2.24) is 4.98 Å². The number of anilines is 1. The summed E-state index contributed by atoms with van der Waals surface area (Å²) in [5.74, 6) is -0.0624. The highest BCUT2D eigenvalue weighted by Crippen LogP contribution is 2.37. The maximum atomic E-state index is 12.9. The summed E-state index contributed by atoms with van der Waals surface area (Å²) in [4.78, 5) is 5.36. The van der Waals surface area contributed by atoms with Gasteiger partial charge in [-0.3, -0.25) is 0 Å². The number of hydrogen-bond donors (Lipinski definition) is 0. The maximum Gasteiger partial charge on any atom is 0.419 e. The van der Waals surface area contributed by atoms with Crippen LogP contribution in [-0.2, 0) is 6.18 Å². The lowest BCUT2D eigenvalue weighted by atomic mass is 10.2. The van der Waals surface area contributed by atoms with Gasteiger partial charge in [0.25, 0.3) is 0 Å². The summed E-state index contributed by atoms with van der Waals surface area (Å²) in [5, 5.41) is 0.568. The number of alkyl halides is 4. The largest absolute Gasteiger partial charge is 0.419 e. The lowest BCUT2D eigenvalue weighted by Gasteiger charge is -2.27. The van der Waals surface area contributed by atoms with Gasteiger partial charge in [0.2, 0.25) is 0 Å². The summed E-state index contributed by atoms with van der Waals surface area (Å²) in [6, 6.07) is 0.963. The van der Waals surface area contributed by atoms with Crippen LogP contribution in [0.4, 0.5) is 19.0 Å². The minimum Gasteiger partial charge on any atom is -0.356 e. The average molecular weight is 376 g/mol. The Morgan fingerprint density at radius 1 is 1.47 bits per heavy atom. The topological polar surface area (TPSA) is 16.1 Å². The molecule has 0 aliphatic rings. The number of hydrogen-bond acceptors (Lipinski definition) is 2. The molecule has 0 spiro atoms. The van der Waals surface area contributed by atoms with Crippen LogP contribution in [0.2, 0.25) is 0 Å². The first-order chi connectivity index (χ1) is 7.77. The molecule has 1 unspecified atom stereocenters. The smallest absolute Gasteiger partial charge is 0.356 e. The Labute approximate surface area is 114 Å².